The van der Waals surface area contributed by atoms with Crippen LogP contribution in [0.25, 0.3) is 0 Å². The minimum atomic E-state index is -0.566. The molecular weight excluding hydrogens is 252 g/mol. The van der Waals surface area contributed by atoms with Gasteiger partial charge in [0.25, 0.3) is 0 Å². The lowest BCUT2D eigenvalue weighted by atomic mass is 9.79. The first-order chi connectivity index (χ1) is 9.56. The second-order valence-corrected chi connectivity index (χ2v) is 5.96. The number of carbonyl (C=O) groups is 1. The maximum absolute atomic E-state index is 12.2. The van der Waals surface area contributed by atoms with Gasteiger partial charge in [0.05, 0.1) is 5.41 Å². The monoisotopic (exact) mass is 276 g/mol. The van der Waals surface area contributed by atoms with Crippen LogP contribution in [0, 0.1) is 0 Å². The highest BCUT2D eigenvalue weighted by Gasteiger charge is 2.46. The fraction of sp³-hybridized carbons (Fsp3) is 0.588. The van der Waals surface area contributed by atoms with Gasteiger partial charge in [-0.2, -0.15) is 0 Å². The van der Waals surface area contributed by atoms with Crippen molar-refractivity contribution in [1.29, 1.82) is 0 Å². The quantitative estimate of drug-likeness (QED) is 0.632. The Labute approximate surface area is 121 Å². The topological polar surface area (TPSA) is 46.5 Å². The van der Waals surface area contributed by atoms with Gasteiger partial charge in [0.15, 0.2) is 0 Å². The molecule has 3 heteroatoms. The van der Waals surface area contributed by atoms with Gasteiger partial charge < -0.3 is 9.84 Å². The maximum Gasteiger partial charge on any atom is 0.316 e. The molecule has 1 saturated heterocycles. The average Bonchev–Trinajstić information content (AvgIpc) is 2.72. The highest BCUT2D eigenvalue weighted by molar-refractivity contribution is 5.84. The van der Waals surface area contributed by atoms with Crippen LogP contribution < -0.4 is 0 Å². The summed E-state index contributed by atoms with van der Waals surface area (Å²) in [6, 6.07) is 6.89. The van der Waals surface area contributed by atoms with Crippen LogP contribution in [-0.2, 0) is 14.9 Å². The minimum Gasteiger partial charge on any atom is -0.508 e. The summed E-state index contributed by atoms with van der Waals surface area (Å²) in [5, 5.41) is 9.35. The van der Waals surface area contributed by atoms with E-state index in [2.05, 4.69) is 6.92 Å². The number of cyclic esters (lactones) is 1. The average molecular weight is 276 g/mol. The molecule has 1 aliphatic heterocycles. The van der Waals surface area contributed by atoms with Gasteiger partial charge in [-0.05, 0) is 37.5 Å². The number of benzene rings is 1. The summed E-state index contributed by atoms with van der Waals surface area (Å²) < 4.78 is 5.54. The summed E-state index contributed by atoms with van der Waals surface area (Å²) in [6.45, 7) is 4.13. The molecule has 1 N–H and O–H groups in total. The Kier molecular flexibility index (Phi) is 4.69. The predicted octanol–water partition coefficient (Wildman–Crippen LogP) is 3.94. The van der Waals surface area contributed by atoms with E-state index in [1.807, 2.05) is 19.1 Å². The molecule has 110 valence electrons. The molecule has 1 heterocycles. The van der Waals surface area contributed by atoms with Crippen LogP contribution in [0.1, 0.15) is 57.9 Å². The summed E-state index contributed by atoms with van der Waals surface area (Å²) in [4.78, 5) is 12.2. The Morgan fingerprint density at radius 1 is 1.25 bits per heavy atom. The van der Waals surface area contributed by atoms with E-state index < -0.39 is 5.41 Å². The predicted molar refractivity (Wildman–Crippen MR) is 78.7 cm³/mol. The minimum absolute atomic E-state index is 0.0400. The third-order valence-electron chi connectivity index (χ3n) is 4.24. The van der Waals surface area contributed by atoms with Crippen molar-refractivity contribution >= 4 is 5.97 Å². The second-order valence-electron chi connectivity index (χ2n) is 5.96. The first-order valence-corrected chi connectivity index (χ1v) is 7.57. The van der Waals surface area contributed by atoms with E-state index in [1.165, 1.54) is 19.3 Å². The standard InChI is InChI=1S/C17H24O3/c1-3-4-5-6-7-15-12-17(2,16(19)20-15)13-8-10-14(18)11-9-13/h8-11,15,18H,3-7,12H2,1-2H3/t15-,17-/m1/s1. The lowest BCUT2D eigenvalue weighted by Gasteiger charge is -2.19. The number of aromatic hydroxyl groups is 1. The zero-order valence-electron chi connectivity index (χ0n) is 12.4. The number of phenols is 1. The van der Waals surface area contributed by atoms with Gasteiger partial charge in [0, 0.05) is 6.42 Å². The zero-order chi connectivity index (χ0) is 14.6. The number of rotatable bonds is 6. The van der Waals surface area contributed by atoms with Crippen LogP contribution in [-0.4, -0.2) is 17.2 Å². The largest absolute Gasteiger partial charge is 0.508 e. The van der Waals surface area contributed by atoms with E-state index >= 15 is 0 Å². The zero-order valence-corrected chi connectivity index (χ0v) is 12.4. The van der Waals surface area contributed by atoms with Crippen molar-refractivity contribution in [2.75, 3.05) is 0 Å². The van der Waals surface area contributed by atoms with Crippen LogP contribution in [0.4, 0.5) is 0 Å². The third kappa shape index (κ3) is 3.14. The molecule has 3 nitrogen and oxygen atoms in total. The van der Waals surface area contributed by atoms with Gasteiger partial charge in [-0.3, -0.25) is 4.79 Å². The van der Waals surface area contributed by atoms with Gasteiger partial charge in [-0.1, -0.05) is 38.3 Å². The highest BCUT2D eigenvalue weighted by atomic mass is 16.6. The molecule has 1 aromatic rings. The van der Waals surface area contributed by atoms with Crippen molar-refractivity contribution < 1.29 is 14.6 Å². The SMILES string of the molecule is CCCCCC[C@@H]1C[C@](C)(c2ccc(O)cc2)C(=O)O1. The molecule has 0 radical (unpaired) electrons. The molecule has 0 unspecified atom stereocenters. The van der Waals surface area contributed by atoms with E-state index in [0.717, 1.165) is 24.8 Å². The second kappa shape index (κ2) is 6.29. The molecular formula is C17H24O3. The van der Waals surface area contributed by atoms with Gasteiger partial charge in [-0.15, -0.1) is 0 Å². The highest BCUT2D eigenvalue weighted by Crippen LogP contribution is 2.39. The van der Waals surface area contributed by atoms with Crippen LogP contribution in [0.15, 0.2) is 24.3 Å². The fourth-order valence-corrected chi connectivity index (χ4v) is 2.89. The Morgan fingerprint density at radius 3 is 2.60 bits per heavy atom. The Hall–Kier alpha value is -1.51. The first-order valence-electron chi connectivity index (χ1n) is 7.57. The molecule has 0 bridgehead atoms. The smallest absolute Gasteiger partial charge is 0.316 e. The number of hydrogen-bond donors (Lipinski definition) is 1. The van der Waals surface area contributed by atoms with Crippen molar-refractivity contribution in [3.05, 3.63) is 29.8 Å². The van der Waals surface area contributed by atoms with Crippen LogP contribution >= 0.6 is 0 Å². The Morgan fingerprint density at radius 2 is 1.95 bits per heavy atom. The molecule has 0 amide bonds. The number of unbranched alkanes of at least 4 members (excludes halogenated alkanes) is 3. The van der Waals surface area contributed by atoms with E-state index in [0.29, 0.717) is 0 Å². The van der Waals surface area contributed by atoms with Crippen molar-refractivity contribution in [2.24, 2.45) is 0 Å². The third-order valence-corrected chi connectivity index (χ3v) is 4.24. The number of phenolic OH excluding ortho intramolecular Hbond substituents is 1. The molecule has 1 aliphatic rings. The lowest BCUT2D eigenvalue weighted by molar-refractivity contribution is -0.145. The van der Waals surface area contributed by atoms with E-state index in [-0.39, 0.29) is 17.8 Å². The molecule has 0 saturated carbocycles. The molecule has 20 heavy (non-hydrogen) atoms. The van der Waals surface area contributed by atoms with Gasteiger partial charge >= 0.3 is 5.97 Å². The van der Waals surface area contributed by atoms with E-state index in [1.54, 1.807) is 12.1 Å². The first kappa shape index (κ1) is 14.9. The van der Waals surface area contributed by atoms with Crippen molar-refractivity contribution in [2.45, 2.75) is 63.9 Å². The summed E-state index contributed by atoms with van der Waals surface area (Å²) in [5.74, 6) is 0.0866. The van der Waals surface area contributed by atoms with Crippen molar-refractivity contribution in [3.8, 4) is 5.75 Å². The molecule has 1 aromatic carbocycles. The Balaban J connectivity index is 1.98. The summed E-state index contributed by atoms with van der Waals surface area (Å²) >= 11 is 0. The number of esters is 1. The normalized spacial score (nSPS) is 25.7. The molecule has 0 aromatic heterocycles. The molecule has 0 aliphatic carbocycles. The van der Waals surface area contributed by atoms with E-state index in [4.69, 9.17) is 4.74 Å². The van der Waals surface area contributed by atoms with Crippen LogP contribution in [0.3, 0.4) is 0 Å². The number of ether oxygens (including phenoxy) is 1. The lowest BCUT2D eigenvalue weighted by Crippen LogP contribution is -2.27. The van der Waals surface area contributed by atoms with Crippen LogP contribution in [0.5, 0.6) is 5.75 Å². The van der Waals surface area contributed by atoms with Crippen molar-refractivity contribution in [3.63, 3.8) is 0 Å². The van der Waals surface area contributed by atoms with Gasteiger partial charge in [-0.25, -0.2) is 0 Å². The van der Waals surface area contributed by atoms with Crippen molar-refractivity contribution in [1.82, 2.24) is 0 Å². The maximum atomic E-state index is 12.2. The fourth-order valence-electron chi connectivity index (χ4n) is 2.89. The molecule has 2 rings (SSSR count). The summed E-state index contributed by atoms with van der Waals surface area (Å²) in [7, 11) is 0. The van der Waals surface area contributed by atoms with Gasteiger partial charge in [0.1, 0.15) is 11.9 Å². The van der Waals surface area contributed by atoms with Gasteiger partial charge in [0.2, 0.25) is 0 Å². The van der Waals surface area contributed by atoms with Crippen LogP contribution in [0.2, 0.25) is 0 Å². The molecule has 2 atom stereocenters. The summed E-state index contributed by atoms with van der Waals surface area (Å²) in [6.07, 6.45) is 6.53. The summed E-state index contributed by atoms with van der Waals surface area (Å²) in [5.41, 5.74) is 0.361. The van der Waals surface area contributed by atoms with E-state index in [9.17, 15) is 9.90 Å². The number of carbonyl (C=O) groups excluding carboxylic acids is 1. The molecule has 1 fully saturated rings. The number of hydrogen-bond acceptors (Lipinski definition) is 3. The molecule has 0 spiro atoms. The Bertz CT molecular complexity index is 452.